The first-order valence-corrected chi connectivity index (χ1v) is 10.5. The van der Waals surface area contributed by atoms with Crippen LogP contribution in [0.2, 0.25) is 5.02 Å². The Morgan fingerprint density at radius 2 is 2.09 bits per heavy atom. The van der Waals surface area contributed by atoms with Crippen molar-refractivity contribution < 1.29 is 4.39 Å². The number of hydrazine groups is 1. The lowest BCUT2D eigenvalue weighted by molar-refractivity contribution is 0.604. The van der Waals surface area contributed by atoms with Crippen LogP contribution in [0.1, 0.15) is 16.7 Å². The number of nitriles is 1. The van der Waals surface area contributed by atoms with Crippen molar-refractivity contribution in [1.29, 1.82) is 10.7 Å². The molecule has 0 aliphatic carbocycles. The van der Waals surface area contributed by atoms with E-state index in [0.717, 1.165) is 17.1 Å². The van der Waals surface area contributed by atoms with Gasteiger partial charge in [-0.1, -0.05) is 17.7 Å². The van der Waals surface area contributed by atoms with Crippen molar-refractivity contribution in [2.24, 2.45) is 5.84 Å². The molecule has 4 rings (SSSR count). The average molecular weight is 475 g/mol. The van der Waals surface area contributed by atoms with Crippen LogP contribution in [0, 0.1) is 22.6 Å². The van der Waals surface area contributed by atoms with E-state index in [1.807, 2.05) is 24.3 Å². The van der Waals surface area contributed by atoms with E-state index in [-0.39, 0.29) is 22.8 Å². The molecule has 7 N–H and O–H groups in total. The molecule has 0 fully saturated rings. The van der Waals surface area contributed by atoms with Gasteiger partial charge in [-0.2, -0.15) is 10.4 Å². The molecule has 170 valence electrons. The fourth-order valence-electron chi connectivity index (χ4n) is 3.46. The fraction of sp³-hybridized carbons (Fsp3) is 0.0417. The van der Waals surface area contributed by atoms with E-state index in [1.165, 1.54) is 23.2 Å². The third kappa shape index (κ3) is 4.54. The summed E-state index contributed by atoms with van der Waals surface area (Å²) in [5.74, 6) is 5.90. The van der Waals surface area contributed by atoms with E-state index in [2.05, 4.69) is 15.5 Å². The minimum Gasteiger partial charge on any atom is -0.396 e. The number of fused-ring (bicyclic) bond motifs is 1. The van der Waals surface area contributed by atoms with Crippen molar-refractivity contribution in [1.82, 2.24) is 15.5 Å². The van der Waals surface area contributed by atoms with Gasteiger partial charge in [-0.05, 0) is 48.5 Å². The van der Waals surface area contributed by atoms with Gasteiger partial charge < -0.3 is 16.5 Å². The summed E-state index contributed by atoms with van der Waals surface area (Å²) in [5.41, 5.74) is 10.1. The smallest absolute Gasteiger partial charge is 0.129 e. The van der Waals surface area contributed by atoms with Crippen molar-refractivity contribution in [2.75, 3.05) is 10.7 Å². The Morgan fingerprint density at radius 3 is 2.82 bits per heavy atom. The minimum absolute atomic E-state index is 0.122. The van der Waals surface area contributed by atoms with Gasteiger partial charge >= 0.3 is 0 Å². The van der Waals surface area contributed by atoms with Gasteiger partial charge in [0.15, 0.2) is 0 Å². The number of nitrogens with zero attached hydrogens (tertiary/aromatic N) is 3. The first kappa shape index (κ1) is 22.8. The molecule has 0 aliphatic heterocycles. The number of halogens is 2. The zero-order chi connectivity index (χ0) is 24.2. The number of nitrogen functional groups attached to an aromatic ring is 1. The van der Waals surface area contributed by atoms with Crippen LogP contribution in [0.3, 0.4) is 0 Å². The van der Waals surface area contributed by atoms with Gasteiger partial charge in [-0.3, -0.25) is 10.1 Å². The SMILES string of the molecule is N#Cc1ccc(CN/C(=C\C=N)c2cc(Cl)c(N)c(N(N)c3ccc4cn[nH]c4c3)c2)c(F)c1. The first-order chi connectivity index (χ1) is 16.4. The summed E-state index contributed by atoms with van der Waals surface area (Å²) >= 11 is 6.42. The summed E-state index contributed by atoms with van der Waals surface area (Å²) in [4.78, 5) is 0. The molecule has 0 bridgehead atoms. The number of benzene rings is 3. The van der Waals surface area contributed by atoms with Crippen LogP contribution in [0.15, 0.2) is 60.8 Å². The molecule has 1 aromatic heterocycles. The maximum absolute atomic E-state index is 14.3. The van der Waals surface area contributed by atoms with Crippen molar-refractivity contribution in [3.8, 4) is 6.07 Å². The van der Waals surface area contributed by atoms with E-state index >= 15 is 0 Å². The zero-order valence-corrected chi connectivity index (χ0v) is 18.6. The Bertz CT molecular complexity index is 1450. The van der Waals surface area contributed by atoms with E-state index in [4.69, 9.17) is 33.8 Å². The Morgan fingerprint density at radius 1 is 1.26 bits per heavy atom. The van der Waals surface area contributed by atoms with Gasteiger partial charge in [0.1, 0.15) is 5.82 Å². The molecule has 10 heteroatoms. The van der Waals surface area contributed by atoms with E-state index in [0.29, 0.717) is 28.2 Å². The highest BCUT2D eigenvalue weighted by atomic mass is 35.5. The van der Waals surface area contributed by atoms with Gasteiger partial charge in [0.2, 0.25) is 0 Å². The maximum atomic E-state index is 14.3. The normalized spacial score (nSPS) is 11.3. The van der Waals surface area contributed by atoms with E-state index < -0.39 is 5.82 Å². The summed E-state index contributed by atoms with van der Waals surface area (Å²) in [5, 5.41) is 29.1. The van der Waals surface area contributed by atoms with Crippen molar-refractivity contribution >= 4 is 51.5 Å². The molecule has 3 aromatic carbocycles. The van der Waals surface area contributed by atoms with Crippen LogP contribution in [0.5, 0.6) is 0 Å². The average Bonchev–Trinajstić information content (AvgIpc) is 3.31. The number of hydrogen-bond acceptors (Lipinski definition) is 7. The van der Waals surface area contributed by atoms with Crippen molar-refractivity contribution in [2.45, 2.75) is 6.54 Å². The predicted octanol–water partition coefficient (Wildman–Crippen LogP) is 4.60. The molecule has 0 aliphatic rings. The number of nitrogens with two attached hydrogens (primary N) is 2. The van der Waals surface area contributed by atoms with Gasteiger partial charge in [-0.15, -0.1) is 0 Å². The summed E-state index contributed by atoms with van der Waals surface area (Å²) in [7, 11) is 0. The summed E-state index contributed by atoms with van der Waals surface area (Å²) in [6, 6.07) is 15.1. The molecule has 34 heavy (non-hydrogen) atoms. The number of allylic oxidation sites excluding steroid dienone is 1. The zero-order valence-electron chi connectivity index (χ0n) is 17.8. The lowest BCUT2D eigenvalue weighted by atomic mass is 10.1. The summed E-state index contributed by atoms with van der Waals surface area (Å²) in [6.07, 6.45) is 4.33. The second kappa shape index (κ2) is 9.62. The lowest BCUT2D eigenvalue weighted by Gasteiger charge is -2.23. The van der Waals surface area contributed by atoms with E-state index in [1.54, 1.807) is 24.4 Å². The largest absolute Gasteiger partial charge is 0.396 e. The quantitative estimate of drug-likeness (QED) is 0.114. The molecule has 0 amide bonds. The molecule has 0 spiro atoms. The van der Waals surface area contributed by atoms with E-state index in [9.17, 15) is 4.39 Å². The van der Waals surface area contributed by atoms with Gasteiger partial charge in [0.05, 0.1) is 45.4 Å². The Hall–Kier alpha value is -4.39. The number of anilines is 3. The molecule has 4 aromatic rings. The molecule has 8 nitrogen and oxygen atoms in total. The van der Waals surface area contributed by atoms with Gasteiger partial charge in [0, 0.05) is 35.0 Å². The monoisotopic (exact) mass is 474 g/mol. The molecule has 0 unspecified atom stereocenters. The standard InChI is InChI=1S/C24H20ClFN8/c25-19-8-17(21(5-6-27)31-12-15-2-1-14(11-28)7-20(15)26)9-23(24(19)29)34(30)18-4-3-16-13-32-33-22(16)10-18/h1-10,13,27,31H,12,29-30H2,(H,32,33)/b21-5-,27-6?. The van der Waals surface area contributed by atoms with Crippen molar-refractivity contribution in [3.05, 3.63) is 88.3 Å². The summed E-state index contributed by atoms with van der Waals surface area (Å²) < 4.78 is 14.3. The first-order valence-electron chi connectivity index (χ1n) is 10.1. The van der Waals surface area contributed by atoms with Crippen LogP contribution in [0.4, 0.5) is 21.5 Å². The highest BCUT2D eigenvalue weighted by Gasteiger charge is 2.16. The molecule has 1 heterocycles. The predicted molar refractivity (Wildman–Crippen MR) is 133 cm³/mol. The molecule has 0 saturated carbocycles. The van der Waals surface area contributed by atoms with Crippen LogP contribution in [-0.4, -0.2) is 16.4 Å². The Kier molecular flexibility index (Phi) is 6.45. The highest BCUT2D eigenvalue weighted by Crippen LogP contribution is 2.36. The number of hydrogen-bond donors (Lipinski definition) is 5. The number of rotatable bonds is 7. The second-order valence-corrected chi connectivity index (χ2v) is 7.83. The van der Waals surface area contributed by atoms with Crippen LogP contribution in [0.25, 0.3) is 16.6 Å². The Labute approximate surface area is 199 Å². The summed E-state index contributed by atoms with van der Waals surface area (Å²) in [6.45, 7) is 0.122. The molecular weight excluding hydrogens is 455 g/mol. The Balaban J connectivity index is 1.66. The third-order valence-corrected chi connectivity index (χ3v) is 5.60. The van der Waals surface area contributed by atoms with Crippen molar-refractivity contribution in [3.63, 3.8) is 0 Å². The second-order valence-electron chi connectivity index (χ2n) is 7.42. The number of aromatic amines is 1. The molecule has 0 radical (unpaired) electrons. The highest BCUT2D eigenvalue weighted by molar-refractivity contribution is 6.34. The maximum Gasteiger partial charge on any atom is 0.129 e. The molecule has 0 atom stereocenters. The topological polar surface area (TPSA) is 144 Å². The molecular formula is C24H20ClFN8. The van der Waals surface area contributed by atoms with Crippen LogP contribution >= 0.6 is 11.6 Å². The number of aromatic nitrogens is 2. The van der Waals surface area contributed by atoms with Gasteiger partial charge in [0.25, 0.3) is 0 Å². The van der Waals surface area contributed by atoms with Gasteiger partial charge in [-0.25, -0.2) is 10.2 Å². The van der Waals surface area contributed by atoms with Crippen LogP contribution < -0.4 is 21.9 Å². The number of H-pyrrole nitrogens is 1. The third-order valence-electron chi connectivity index (χ3n) is 5.28. The fourth-order valence-corrected chi connectivity index (χ4v) is 3.68. The number of nitrogens with one attached hydrogen (secondary N) is 3. The van der Waals surface area contributed by atoms with Crippen LogP contribution in [-0.2, 0) is 6.54 Å². The lowest BCUT2D eigenvalue weighted by Crippen LogP contribution is -2.26. The molecule has 0 saturated heterocycles. The minimum atomic E-state index is -0.501.